The average Bonchev–Trinajstić information content (AvgIpc) is 2.75. The lowest BCUT2D eigenvalue weighted by Gasteiger charge is -2.14. The van der Waals surface area contributed by atoms with Crippen LogP contribution in [0.5, 0.6) is 5.75 Å². The number of hydrogen-bond donors (Lipinski definition) is 2. The van der Waals surface area contributed by atoms with E-state index < -0.39 is 0 Å². The Morgan fingerprint density at radius 2 is 1.93 bits per heavy atom. The van der Waals surface area contributed by atoms with Gasteiger partial charge in [0.1, 0.15) is 5.75 Å². The van der Waals surface area contributed by atoms with Crippen molar-refractivity contribution in [3.8, 4) is 5.75 Å². The van der Waals surface area contributed by atoms with Crippen LogP contribution >= 0.6 is 11.6 Å². The standard InChI is InChI=1S/C22H21ClN4O2/c1-15-6-7-18(23)13-20(15)26-22(25-14-16-8-10-24-11-9-16)27-21(28)17-4-3-5-19(12-17)29-2/h3-13H,14H2,1-2H3,(H2,25,26,27,28). The first-order chi connectivity index (χ1) is 14.0. The Labute approximate surface area is 174 Å². The lowest BCUT2D eigenvalue weighted by atomic mass is 10.2. The van der Waals surface area contributed by atoms with Crippen LogP contribution < -0.4 is 15.4 Å². The number of amides is 1. The number of rotatable bonds is 5. The van der Waals surface area contributed by atoms with Crippen LogP contribution in [0.25, 0.3) is 0 Å². The molecule has 0 unspecified atom stereocenters. The number of carbonyl (C=O) groups excluding carboxylic acids is 1. The molecule has 0 aliphatic heterocycles. The molecule has 6 nitrogen and oxygen atoms in total. The highest BCUT2D eigenvalue weighted by atomic mass is 35.5. The second kappa shape index (κ2) is 9.71. The van der Waals surface area contributed by atoms with Crippen molar-refractivity contribution in [2.75, 3.05) is 12.4 Å². The molecule has 0 spiro atoms. The summed E-state index contributed by atoms with van der Waals surface area (Å²) in [4.78, 5) is 21.3. The van der Waals surface area contributed by atoms with Crippen molar-refractivity contribution < 1.29 is 9.53 Å². The molecule has 148 valence electrons. The van der Waals surface area contributed by atoms with Gasteiger partial charge in [-0.05, 0) is 60.5 Å². The van der Waals surface area contributed by atoms with E-state index in [0.717, 1.165) is 16.8 Å². The Kier molecular flexibility index (Phi) is 6.81. The number of aliphatic imine (C=N–C) groups is 1. The summed E-state index contributed by atoms with van der Waals surface area (Å²) in [7, 11) is 1.56. The van der Waals surface area contributed by atoms with E-state index in [1.54, 1.807) is 49.8 Å². The van der Waals surface area contributed by atoms with Crippen LogP contribution in [-0.4, -0.2) is 24.0 Å². The normalized spacial score (nSPS) is 11.1. The number of methoxy groups -OCH3 is 1. The molecule has 3 aromatic rings. The van der Waals surface area contributed by atoms with Crippen LogP contribution in [0.1, 0.15) is 21.5 Å². The van der Waals surface area contributed by atoms with Crippen LogP contribution in [0.3, 0.4) is 0 Å². The zero-order valence-electron chi connectivity index (χ0n) is 16.1. The third-order valence-corrected chi connectivity index (χ3v) is 4.42. The highest BCUT2D eigenvalue weighted by Gasteiger charge is 2.11. The van der Waals surface area contributed by atoms with Gasteiger partial charge in [0, 0.05) is 28.7 Å². The van der Waals surface area contributed by atoms with Gasteiger partial charge < -0.3 is 10.1 Å². The fourth-order valence-electron chi connectivity index (χ4n) is 2.57. The van der Waals surface area contributed by atoms with E-state index in [4.69, 9.17) is 16.3 Å². The van der Waals surface area contributed by atoms with Gasteiger partial charge >= 0.3 is 0 Å². The minimum atomic E-state index is -0.301. The molecule has 2 aromatic carbocycles. The van der Waals surface area contributed by atoms with Gasteiger partial charge in [0.05, 0.1) is 13.7 Å². The lowest BCUT2D eigenvalue weighted by molar-refractivity contribution is 0.0976. The monoisotopic (exact) mass is 408 g/mol. The van der Waals surface area contributed by atoms with E-state index in [9.17, 15) is 4.79 Å². The average molecular weight is 409 g/mol. The molecule has 0 radical (unpaired) electrons. The topological polar surface area (TPSA) is 75.6 Å². The zero-order chi connectivity index (χ0) is 20.6. The largest absolute Gasteiger partial charge is 0.497 e. The van der Waals surface area contributed by atoms with Gasteiger partial charge in [0.25, 0.3) is 5.91 Å². The molecule has 29 heavy (non-hydrogen) atoms. The summed E-state index contributed by atoms with van der Waals surface area (Å²) in [5.41, 5.74) is 3.17. The second-order valence-corrected chi connectivity index (χ2v) is 6.73. The van der Waals surface area contributed by atoms with Crippen LogP contribution in [0.2, 0.25) is 5.02 Å². The van der Waals surface area contributed by atoms with Gasteiger partial charge in [-0.2, -0.15) is 0 Å². The van der Waals surface area contributed by atoms with Crippen molar-refractivity contribution >= 4 is 29.2 Å². The molecular weight excluding hydrogens is 388 g/mol. The fourth-order valence-corrected chi connectivity index (χ4v) is 2.74. The molecule has 1 heterocycles. The van der Waals surface area contributed by atoms with E-state index >= 15 is 0 Å². The van der Waals surface area contributed by atoms with Crippen LogP contribution in [-0.2, 0) is 6.54 Å². The van der Waals surface area contributed by atoms with E-state index in [1.165, 1.54) is 0 Å². The Morgan fingerprint density at radius 3 is 2.69 bits per heavy atom. The molecular formula is C22H21ClN4O2. The number of anilines is 1. The summed E-state index contributed by atoms with van der Waals surface area (Å²) in [5, 5.41) is 6.60. The van der Waals surface area contributed by atoms with Crippen molar-refractivity contribution in [3.63, 3.8) is 0 Å². The maximum atomic E-state index is 12.8. The van der Waals surface area contributed by atoms with Gasteiger partial charge in [0.2, 0.25) is 5.96 Å². The second-order valence-electron chi connectivity index (χ2n) is 6.29. The van der Waals surface area contributed by atoms with Crippen LogP contribution in [0, 0.1) is 6.92 Å². The zero-order valence-corrected chi connectivity index (χ0v) is 16.9. The van der Waals surface area contributed by atoms with E-state index in [2.05, 4.69) is 20.6 Å². The highest BCUT2D eigenvalue weighted by molar-refractivity contribution is 6.31. The Bertz CT molecular complexity index is 1020. The number of nitrogens with one attached hydrogen (secondary N) is 2. The molecule has 7 heteroatoms. The van der Waals surface area contributed by atoms with Gasteiger partial charge in [-0.3, -0.25) is 15.1 Å². The number of halogens is 1. The number of nitrogens with zero attached hydrogens (tertiary/aromatic N) is 2. The summed E-state index contributed by atoms with van der Waals surface area (Å²) in [6.07, 6.45) is 3.40. The van der Waals surface area contributed by atoms with E-state index in [0.29, 0.717) is 28.8 Å². The van der Waals surface area contributed by atoms with Crippen LogP contribution in [0.15, 0.2) is 72.0 Å². The molecule has 1 aromatic heterocycles. The fraction of sp³-hybridized carbons (Fsp3) is 0.136. The van der Waals surface area contributed by atoms with Crippen molar-refractivity contribution in [2.45, 2.75) is 13.5 Å². The van der Waals surface area contributed by atoms with Gasteiger partial charge in [-0.1, -0.05) is 23.7 Å². The van der Waals surface area contributed by atoms with Crippen LogP contribution in [0.4, 0.5) is 5.69 Å². The minimum Gasteiger partial charge on any atom is -0.497 e. The first-order valence-corrected chi connectivity index (χ1v) is 9.35. The molecule has 0 atom stereocenters. The Morgan fingerprint density at radius 1 is 1.14 bits per heavy atom. The molecule has 0 fully saturated rings. The van der Waals surface area contributed by atoms with Crippen molar-refractivity contribution in [1.29, 1.82) is 0 Å². The quantitative estimate of drug-likeness (QED) is 0.483. The highest BCUT2D eigenvalue weighted by Crippen LogP contribution is 2.20. The van der Waals surface area contributed by atoms with E-state index in [-0.39, 0.29) is 5.91 Å². The number of hydrogen-bond acceptors (Lipinski definition) is 4. The third kappa shape index (κ3) is 5.80. The lowest BCUT2D eigenvalue weighted by Crippen LogP contribution is -2.36. The predicted molar refractivity (Wildman–Crippen MR) is 116 cm³/mol. The number of ether oxygens (including phenoxy) is 1. The minimum absolute atomic E-state index is 0.301. The maximum Gasteiger partial charge on any atom is 0.258 e. The third-order valence-electron chi connectivity index (χ3n) is 4.19. The summed E-state index contributed by atoms with van der Waals surface area (Å²) < 4.78 is 5.19. The Balaban J connectivity index is 1.85. The summed E-state index contributed by atoms with van der Waals surface area (Å²) >= 11 is 6.12. The molecule has 2 N–H and O–H groups in total. The first kappa shape index (κ1) is 20.4. The van der Waals surface area contributed by atoms with E-state index in [1.807, 2.05) is 31.2 Å². The molecule has 0 saturated heterocycles. The number of aryl methyl sites for hydroxylation is 1. The molecule has 0 saturated carbocycles. The predicted octanol–water partition coefficient (Wildman–Crippen LogP) is 4.45. The van der Waals surface area contributed by atoms with Gasteiger partial charge in [-0.25, -0.2) is 4.99 Å². The summed E-state index contributed by atoms with van der Waals surface area (Å²) in [5.74, 6) is 0.621. The number of carbonyl (C=O) groups is 1. The maximum absolute atomic E-state index is 12.8. The number of aromatic nitrogens is 1. The first-order valence-electron chi connectivity index (χ1n) is 8.97. The molecule has 3 rings (SSSR count). The van der Waals surface area contributed by atoms with Crippen molar-refractivity contribution in [1.82, 2.24) is 10.3 Å². The molecule has 0 aliphatic carbocycles. The smallest absolute Gasteiger partial charge is 0.258 e. The summed E-state index contributed by atoms with van der Waals surface area (Å²) in [6.45, 7) is 2.33. The molecule has 1 amide bonds. The van der Waals surface area contributed by atoms with Crippen molar-refractivity contribution in [3.05, 3.63) is 88.7 Å². The molecule has 0 bridgehead atoms. The summed E-state index contributed by atoms with van der Waals surface area (Å²) in [6, 6.07) is 16.2. The van der Waals surface area contributed by atoms with Gasteiger partial charge in [0.15, 0.2) is 0 Å². The number of guanidine groups is 1. The molecule has 0 aliphatic rings. The Hall–Kier alpha value is -3.38. The van der Waals surface area contributed by atoms with Crippen molar-refractivity contribution in [2.24, 2.45) is 4.99 Å². The van der Waals surface area contributed by atoms with Gasteiger partial charge in [-0.15, -0.1) is 0 Å². The SMILES string of the molecule is COc1cccc(C(=O)NC(=NCc2ccncc2)Nc2cc(Cl)ccc2C)c1. The number of pyridine rings is 1. The number of benzene rings is 2.